The molecular weight excluding hydrogens is 412 g/mol. The number of anilines is 1. The van der Waals surface area contributed by atoms with Gasteiger partial charge in [-0.3, -0.25) is 4.79 Å². The van der Waals surface area contributed by atoms with E-state index in [0.717, 1.165) is 37.6 Å². The first-order chi connectivity index (χ1) is 13.6. The maximum atomic E-state index is 13.4. The number of nitrogens with one attached hydrogen (secondary N) is 1. The van der Waals surface area contributed by atoms with Gasteiger partial charge in [0.15, 0.2) is 5.78 Å². The number of carbonyl (C=O) groups is 1. The number of aromatic nitrogens is 1. The van der Waals surface area contributed by atoms with Crippen LogP contribution in [0.15, 0.2) is 36.5 Å². The van der Waals surface area contributed by atoms with Gasteiger partial charge in [-0.15, -0.1) is 0 Å². The highest BCUT2D eigenvalue weighted by Gasteiger charge is 2.68. The number of hydrogen-bond donors (Lipinski definition) is 1. The van der Waals surface area contributed by atoms with Gasteiger partial charge in [0.1, 0.15) is 24.0 Å². The van der Waals surface area contributed by atoms with Crippen LogP contribution >= 0.6 is 11.6 Å². The number of hydrogen-bond acceptors (Lipinski definition) is 4. The van der Waals surface area contributed by atoms with Crippen molar-refractivity contribution in [3.63, 3.8) is 0 Å². The number of halogens is 5. The third kappa shape index (κ3) is 4.03. The standard InChI is InChI=1S/C20H17ClF4N2O2/c21-15-3-2-14(5-16(15)22)29-8-13(28)6-18-9-19(10-18,11-18)27-17-4-1-12(7-26-17)20(23,24)25/h1-5,7H,6,8-11H2,(H,26,27). The van der Waals surface area contributed by atoms with Crippen LogP contribution in [0, 0.1) is 11.2 Å². The molecular formula is C20H17ClF4N2O2. The predicted molar refractivity (Wildman–Crippen MR) is 98.4 cm³/mol. The Morgan fingerprint density at radius 2 is 1.93 bits per heavy atom. The fourth-order valence-corrected chi connectivity index (χ4v) is 4.54. The van der Waals surface area contributed by atoms with E-state index in [4.69, 9.17) is 16.3 Å². The molecule has 0 aliphatic heterocycles. The second-order valence-electron chi connectivity index (χ2n) is 7.95. The van der Waals surface area contributed by atoms with Crippen LogP contribution in [0.25, 0.3) is 0 Å². The van der Waals surface area contributed by atoms with Crippen molar-refractivity contribution in [2.24, 2.45) is 5.41 Å². The molecule has 3 saturated carbocycles. The number of ketones is 1. The lowest BCUT2D eigenvalue weighted by molar-refractivity contribution is -0.147. The van der Waals surface area contributed by atoms with Gasteiger partial charge in [-0.1, -0.05) is 11.6 Å². The molecule has 3 aliphatic rings. The van der Waals surface area contributed by atoms with Crippen molar-refractivity contribution in [2.45, 2.75) is 37.4 Å². The Labute approximate surface area is 169 Å². The Bertz CT molecular complexity index is 927. The molecule has 2 aromatic rings. The molecule has 154 valence electrons. The number of nitrogens with zero attached hydrogens (tertiary/aromatic N) is 1. The van der Waals surface area contributed by atoms with E-state index in [9.17, 15) is 22.4 Å². The first-order valence-electron chi connectivity index (χ1n) is 8.99. The van der Waals surface area contributed by atoms with Crippen molar-refractivity contribution >= 4 is 23.2 Å². The van der Waals surface area contributed by atoms with E-state index in [1.54, 1.807) is 0 Å². The van der Waals surface area contributed by atoms with Crippen LogP contribution in [0.5, 0.6) is 5.75 Å². The van der Waals surface area contributed by atoms with Crippen molar-refractivity contribution in [3.8, 4) is 5.75 Å². The highest BCUT2D eigenvalue weighted by molar-refractivity contribution is 6.30. The molecule has 29 heavy (non-hydrogen) atoms. The summed E-state index contributed by atoms with van der Waals surface area (Å²) in [5, 5.41) is 3.18. The Morgan fingerprint density at radius 1 is 1.21 bits per heavy atom. The molecule has 5 rings (SSSR count). The molecule has 1 aromatic carbocycles. The second kappa shape index (κ2) is 6.86. The van der Waals surface area contributed by atoms with Gasteiger partial charge in [-0.2, -0.15) is 13.2 Å². The van der Waals surface area contributed by atoms with E-state index in [1.165, 1.54) is 18.2 Å². The molecule has 0 spiro atoms. The molecule has 3 fully saturated rings. The van der Waals surface area contributed by atoms with Gasteiger partial charge in [-0.25, -0.2) is 9.37 Å². The normalized spacial score (nSPS) is 25.0. The molecule has 3 aliphatic carbocycles. The van der Waals surface area contributed by atoms with E-state index in [2.05, 4.69) is 10.3 Å². The molecule has 0 unspecified atom stereocenters. The lowest BCUT2D eigenvalue weighted by Crippen LogP contribution is -2.71. The first kappa shape index (κ1) is 19.9. The summed E-state index contributed by atoms with van der Waals surface area (Å²) < 4.78 is 56.5. The quantitative estimate of drug-likeness (QED) is 0.611. The smallest absolute Gasteiger partial charge is 0.417 e. The number of benzene rings is 1. The first-order valence-corrected chi connectivity index (χ1v) is 9.37. The van der Waals surface area contributed by atoms with Crippen LogP contribution in [0.3, 0.4) is 0 Å². The SMILES string of the molecule is O=C(COc1ccc(Cl)c(F)c1)CC12CC(Nc3ccc(C(F)(F)F)cn3)(C1)C2. The van der Waals surface area contributed by atoms with Crippen molar-refractivity contribution in [1.29, 1.82) is 0 Å². The van der Waals surface area contributed by atoms with Crippen LogP contribution in [0.4, 0.5) is 23.4 Å². The van der Waals surface area contributed by atoms with Gasteiger partial charge in [0.05, 0.1) is 10.6 Å². The molecule has 1 N–H and O–H groups in total. The van der Waals surface area contributed by atoms with E-state index < -0.39 is 17.6 Å². The monoisotopic (exact) mass is 428 g/mol. The topological polar surface area (TPSA) is 51.2 Å². The lowest BCUT2D eigenvalue weighted by atomic mass is 9.38. The second-order valence-corrected chi connectivity index (χ2v) is 8.35. The number of pyridine rings is 1. The Morgan fingerprint density at radius 3 is 2.52 bits per heavy atom. The van der Waals surface area contributed by atoms with Crippen molar-refractivity contribution in [3.05, 3.63) is 52.9 Å². The third-order valence-corrected chi connectivity index (χ3v) is 5.79. The van der Waals surface area contributed by atoms with E-state index in [-0.39, 0.29) is 34.1 Å². The molecule has 0 saturated heterocycles. The third-order valence-electron chi connectivity index (χ3n) is 5.49. The molecule has 0 radical (unpaired) electrons. The van der Waals surface area contributed by atoms with Gasteiger partial charge in [0.25, 0.3) is 0 Å². The van der Waals surface area contributed by atoms with Crippen LogP contribution in [-0.2, 0) is 11.0 Å². The zero-order valence-corrected chi connectivity index (χ0v) is 15.9. The highest BCUT2D eigenvalue weighted by Crippen LogP contribution is 2.70. The predicted octanol–water partition coefficient (Wildman–Crippen LogP) is 5.27. The average molecular weight is 429 g/mol. The van der Waals surface area contributed by atoms with E-state index >= 15 is 0 Å². The largest absolute Gasteiger partial charge is 0.486 e. The summed E-state index contributed by atoms with van der Waals surface area (Å²) in [6.45, 7) is -0.149. The van der Waals surface area contributed by atoms with Crippen LogP contribution in [-0.4, -0.2) is 22.9 Å². The summed E-state index contributed by atoms with van der Waals surface area (Å²) in [4.78, 5) is 16.0. The molecule has 1 heterocycles. The fourth-order valence-electron chi connectivity index (χ4n) is 4.43. The number of Topliss-reactive ketones (excluding diaryl/α,β-unsaturated/α-hetero) is 1. The zero-order valence-electron chi connectivity index (χ0n) is 15.2. The van der Waals surface area contributed by atoms with E-state index in [0.29, 0.717) is 12.2 Å². The summed E-state index contributed by atoms with van der Waals surface area (Å²) in [7, 11) is 0. The number of rotatable bonds is 7. The average Bonchev–Trinajstić information content (AvgIpc) is 2.59. The minimum Gasteiger partial charge on any atom is -0.486 e. The number of alkyl halides is 3. The van der Waals surface area contributed by atoms with Crippen molar-refractivity contribution in [1.82, 2.24) is 4.98 Å². The number of ether oxygens (including phenoxy) is 1. The van der Waals surface area contributed by atoms with Crippen molar-refractivity contribution < 1.29 is 27.1 Å². The van der Waals surface area contributed by atoms with Gasteiger partial charge in [0.2, 0.25) is 0 Å². The Hall–Kier alpha value is -2.35. The Balaban J connectivity index is 1.24. The molecule has 2 bridgehead atoms. The fraction of sp³-hybridized carbons (Fsp3) is 0.400. The maximum absolute atomic E-state index is 13.4. The zero-order chi connectivity index (χ0) is 20.9. The molecule has 0 atom stereocenters. The maximum Gasteiger partial charge on any atom is 0.417 e. The van der Waals surface area contributed by atoms with Crippen LogP contribution in [0.2, 0.25) is 5.02 Å². The molecule has 0 amide bonds. The minimum absolute atomic E-state index is 0.0159. The summed E-state index contributed by atoms with van der Waals surface area (Å²) in [6.07, 6.45) is -0.985. The molecule has 4 nitrogen and oxygen atoms in total. The van der Waals surface area contributed by atoms with Gasteiger partial charge in [0, 0.05) is 24.2 Å². The summed E-state index contributed by atoms with van der Waals surface area (Å²) >= 11 is 5.60. The minimum atomic E-state index is -4.41. The van der Waals surface area contributed by atoms with Crippen LogP contribution < -0.4 is 10.1 Å². The molecule has 9 heteroatoms. The van der Waals surface area contributed by atoms with Gasteiger partial charge >= 0.3 is 6.18 Å². The summed E-state index contributed by atoms with van der Waals surface area (Å²) in [5.41, 5.74) is -1.08. The molecule has 1 aromatic heterocycles. The summed E-state index contributed by atoms with van der Waals surface area (Å²) in [6, 6.07) is 6.31. The summed E-state index contributed by atoms with van der Waals surface area (Å²) in [5.74, 6) is -0.0580. The lowest BCUT2D eigenvalue weighted by Gasteiger charge is -2.71. The van der Waals surface area contributed by atoms with E-state index in [1.807, 2.05) is 0 Å². The van der Waals surface area contributed by atoms with Gasteiger partial charge in [-0.05, 0) is 48.9 Å². The highest BCUT2D eigenvalue weighted by atomic mass is 35.5. The van der Waals surface area contributed by atoms with Crippen LogP contribution in [0.1, 0.15) is 31.2 Å². The van der Waals surface area contributed by atoms with Gasteiger partial charge < -0.3 is 10.1 Å². The van der Waals surface area contributed by atoms with Crippen molar-refractivity contribution in [2.75, 3.05) is 11.9 Å². The number of carbonyl (C=O) groups excluding carboxylic acids is 1. The Kier molecular flexibility index (Phi) is 4.72.